The molecule has 0 saturated heterocycles. The summed E-state index contributed by atoms with van der Waals surface area (Å²) in [6, 6.07) is 3.96. The maximum Gasteiger partial charge on any atom is 0.335 e. The first-order valence-corrected chi connectivity index (χ1v) is 4.33. The van der Waals surface area contributed by atoms with Crippen LogP contribution < -0.4 is 4.74 Å². The summed E-state index contributed by atoms with van der Waals surface area (Å²) in [5, 5.41) is 17.9. The minimum atomic E-state index is -1.08. The molecule has 14 heavy (non-hydrogen) atoms. The van der Waals surface area contributed by atoms with Crippen molar-refractivity contribution in [2.75, 3.05) is 6.61 Å². The molecule has 1 aromatic rings. The van der Waals surface area contributed by atoms with Crippen LogP contribution in [0.15, 0.2) is 18.2 Å². The molecular weight excluding hydrogens is 184 g/mol. The van der Waals surface area contributed by atoms with Crippen molar-refractivity contribution in [2.45, 2.75) is 13.3 Å². The number of phenols is 1. The van der Waals surface area contributed by atoms with E-state index in [2.05, 4.69) is 0 Å². The highest BCUT2D eigenvalue weighted by atomic mass is 16.5. The fourth-order valence-corrected chi connectivity index (χ4v) is 1.01. The third kappa shape index (κ3) is 2.65. The number of rotatable bonds is 4. The van der Waals surface area contributed by atoms with Crippen LogP contribution in [-0.4, -0.2) is 22.8 Å². The normalized spacial score (nSPS) is 9.79. The Hall–Kier alpha value is -1.71. The first-order valence-electron chi connectivity index (χ1n) is 4.33. The van der Waals surface area contributed by atoms with E-state index in [0.717, 1.165) is 6.42 Å². The molecule has 0 unspecified atom stereocenters. The second-order valence-corrected chi connectivity index (χ2v) is 2.87. The Morgan fingerprint density at radius 2 is 2.14 bits per heavy atom. The van der Waals surface area contributed by atoms with Crippen molar-refractivity contribution < 1.29 is 19.7 Å². The minimum Gasteiger partial charge on any atom is -0.508 e. The summed E-state index contributed by atoms with van der Waals surface area (Å²) >= 11 is 0. The van der Waals surface area contributed by atoms with E-state index >= 15 is 0 Å². The Kier molecular flexibility index (Phi) is 3.34. The van der Waals surface area contributed by atoms with Gasteiger partial charge in [0.1, 0.15) is 11.5 Å². The predicted molar refractivity (Wildman–Crippen MR) is 50.9 cm³/mol. The number of hydrogen-bond donors (Lipinski definition) is 2. The van der Waals surface area contributed by atoms with Gasteiger partial charge in [-0.3, -0.25) is 0 Å². The van der Waals surface area contributed by atoms with Crippen LogP contribution in [0.3, 0.4) is 0 Å². The number of ether oxygens (including phenoxy) is 1. The van der Waals surface area contributed by atoms with Gasteiger partial charge in [-0.15, -0.1) is 0 Å². The van der Waals surface area contributed by atoms with E-state index < -0.39 is 5.97 Å². The van der Waals surface area contributed by atoms with Gasteiger partial charge in [0.05, 0.1) is 12.2 Å². The van der Waals surface area contributed by atoms with E-state index in [9.17, 15) is 9.90 Å². The van der Waals surface area contributed by atoms with Gasteiger partial charge < -0.3 is 14.9 Å². The molecule has 0 atom stereocenters. The number of benzene rings is 1. The molecule has 76 valence electrons. The summed E-state index contributed by atoms with van der Waals surface area (Å²) in [5.41, 5.74) is 0.0242. The number of aromatic hydroxyl groups is 1. The van der Waals surface area contributed by atoms with Crippen LogP contribution in [0.4, 0.5) is 0 Å². The maximum atomic E-state index is 10.6. The number of aromatic carboxylic acids is 1. The van der Waals surface area contributed by atoms with Gasteiger partial charge in [-0.25, -0.2) is 4.79 Å². The minimum absolute atomic E-state index is 0.0242. The van der Waals surface area contributed by atoms with E-state index in [-0.39, 0.29) is 11.3 Å². The summed E-state index contributed by atoms with van der Waals surface area (Å²) < 4.78 is 5.20. The van der Waals surface area contributed by atoms with Gasteiger partial charge >= 0.3 is 5.97 Å². The molecule has 0 bridgehead atoms. The zero-order valence-corrected chi connectivity index (χ0v) is 7.86. The standard InChI is InChI=1S/C10H12O4/c1-2-3-14-9-5-7(10(12)13)4-8(11)6-9/h4-6,11H,2-3H2,1H3,(H,12,13). The maximum absolute atomic E-state index is 10.6. The number of carboxylic acids is 1. The summed E-state index contributed by atoms with van der Waals surface area (Å²) in [7, 11) is 0. The third-order valence-corrected chi connectivity index (χ3v) is 1.61. The van der Waals surface area contributed by atoms with Crippen LogP contribution in [0.25, 0.3) is 0 Å². The molecule has 0 fully saturated rings. The molecule has 4 heteroatoms. The SMILES string of the molecule is CCCOc1cc(O)cc(C(=O)O)c1. The molecule has 0 spiro atoms. The molecule has 0 heterocycles. The lowest BCUT2D eigenvalue weighted by Gasteiger charge is -2.05. The molecule has 1 rings (SSSR count). The average molecular weight is 196 g/mol. The van der Waals surface area contributed by atoms with Crippen LogP contribution in [-0.2, 0) is 0 Å². The number of hydrogen-bond acceptors (Lipinski definition) is 3. The zero-order valence-electron chi connectivity index (χ0n) is 7.86. The lowest BCUT2D eigenvalue weighted by molar-refractivity contribution is 0.0696. The van der Waals surface area contributed by atoms with Gasteiger partial charge in [0.2, 0.25) is 0 Å². The lowest BCUT2D eigenvalue weighted by Crippen LogP contribution is -1.99. The van der Waals surface area contributed by atoms with Crippen molar-refractivity contribution in [3.8, 4) is 11.5 Å². The Bertz CT molecular complexity index is 333. The van der Waals surface area contributed by atoms with Gasteiger partial charge in [-0.2, -0.15) is 0 Å². The van der Waals surface area contributed by atoms with Crippen LogP contribution in [0.2, 0.25) is 0 Å². The number of phenolic OH excluding ortho intramolecular Hbond substituents is 1. The fourth-order valence-electron chi connectivity index (χ4n) is 1.01. The fraction of sp³-hybridized carbons (Fsp3) is 0.300. The molecule has 4 nitrogen and oxygen atoms in total. The van der Waals surface area contributed by atoms with Crippen molar-refractivity contribution in [1.29, 1.82) is 0 Å². The molecule has 0 aliphatic rings. The van der Waals surface area contributed by atoms with Gasteiger partial charge in [-0.05, 0) is 18.6 Å². The van der Waals surface area contributed by atoms with E-state index in [1.54, 1.807) is 0 Å². The first kappa shape index (κ1) is 10.4. The van der Waals surface area contributed by atoms with Crippen LogP contribution in [0.5, 0.6) is 11.5 Å². The predicted octanol–water partition coefficient (Wildman–Crippen LogP) is 1.88. The molecule has 0 radical (unpaired) electrons. The van der Waals surface area contributed by atoms with E-state index in [4.69, 9.17) is 9.84 Å². The Morgan fingerprint density at radius 3 is 2.71 bits per heavy atom. The topological polar surface area (TPSA) is 66.8 Å². The molecule has 0 aromatic heterocycles. The summed E-state index contributed by atoms with van der Waals surface area (Å²) in [5.74, 6) is -0.803. The van der Waals surface area contributed by atoms with Crippen LogP contribution >= 0.6 is 0 Å². The quantitative estimate of drug-likeness (QED) is 0.771. The molecule has 0 aliphatic heterocycles. The first-order chi connectivity index (χ1) is 6.63. The number of carbonyl (C=O) groups is 1. The Morgan fingerprint density at radius 1 is 1.43 bits per heavy atom. The number of carboxylic acid groups (broad SMARTS) is 1. The van der Waals surface area contributed by atoms with Crippen molar-refractivity contribution in [3.63, 3.8) is 0 Å². The molecule has 0 amide bonds. The highest BCUT2D eigenvalue weighted by Crippen LogP contribution is 2.21. The molecule has 0 aliphatic carbocycles. The van der Waals surface area contributed by atoms with Crippen molar-refractivity contribution in [2.24, 2.45) is 0 Å². The van der Waals surface area contributed by atoms with E-state index in [1.165, 1.54) is 18.2 Å². The van der Waals surface area contributed by atoms with Crippen molar-refractivity contribution in [3.05, 3.63) is 23.8 Å². The van der Waals surface area contributed by atoms with Crippen LogP contribution in [0.1, 0.15) is 23.7 Å². The molecule has 0 saturated carbocycles. The Labute approximate surface area is 81.8 Å². The van der Waals surface area contributed by atoms with E-state index in [0.29, 0.717) is 12.4 Å². The van der Waals surface area contributed by atoms with Crippen molar-refractivity contribution >= 4 is 5.97 Å². The third-order valence-electron chi connectivity index (χ3n) is 1.61. The second kappa shape index (κ2) is 4.50. The molecule has 2 N–H and O–H groups in total. The Balaban J connectivity index is 2.89. The lowest BCUT2D eigenvalue weighted by atomic mass is 10.2. The zero-order chi connectivity index (χ0) is 10.6. The highest BCUT2D eigenvalue weighted by Gasteiger charge is 2.06. The van der Waals surface area contributed by atoms with Crippen LogP contribution in [0, 0.1) is 0 Å². The van der Waals surface area contributed by atoms with Gasteiger partial charge in [0.15, 0.2) is 0 Å². The van der Waals surface area contributed by atoms with Gasteiger partial charge in [0, 0.05) is 6.07 Å². The van der Waals surface area contributed by atoms with E-state index in [1.807, 2.05) is 6.92 Å². The summed E-state index contributed by atoms with van der Waals surface area (Å²) in [6.07, 6.45) is 0.831. The summed E-state index contributed by atoms with van der Waals surface area (Å²) in [6.45, 7) is 2.45. The second-order valence-electron chi connectivity index (χ2n) is 2.87. The highest BCUT2D eigenvalue weighted by molar-refractivity contribution is 5.88. The molecular formula is C10H12O4. The average Bonchev–Trinajstić information content (AvgIpc) is 2.14. The van der Waals surface area contributed by atoms with Gasteiger partial charge in [-0.1, -0.05) is 6.92 Å². The smallest absolute Gasteiger partial charge is 0.335 e. The largest absolute Gasteiger partial charge is 0.508 e. The van der Waals surface area contributed by atoms with Crippen molar-refractivity contribution in [1.82, 2.24) is 0 Å². The summed E-state index contributed by atoms with van der Waals surface area (Å²) in [4.78, 5) is 10.6. The molecule has 1 aromatic carbocycles. The van der Waals surface area contributed by atoms with Gasteiger partial charge in [0.25, 0.3) is 0 Å². The monoisotopic (exact) mass is 196 g/mol.